The highest BCUT2D eigenvalue weighted by Gasteiger charge is 2.40. The first-order chi connectivity index (χ1) is 5.20. The van der Waals surface area contributed by atoms with Crippen molar-refractivity contribution < 1.29 is 17.3 Å². The number of ether oxygens (including phenoxy) is 1. The lowest BCUT2D eigenvalue weighted by atomic mass is 10.3. The Hall–Kier alpha value is -0.170. The molecule has 0 radical (unpaired) electrons. The number of nitrogens with zero attached hydrogens (tertiary/aromatic N) is 1. The standard InChI is InChI=1S/C5H9NO4S/c7-11(8)6-1-2-9-3-5(6)4-10-11/h5H,1-4H2/t5-/m0/s1. The zero-order valence-corrected chi connectivity index (χ0v) is 6.71. The first kappa shape index (κ1) is 7.48. The molecule has 0 aliphatic carbocycles. The van der Waals surface area contributed by atoms with Crippen LogP contribution in [0.2, 0.25) is 0 Å². The molecule has 0 aromatic carbocycles. The van der Waals surface area contributed by atoms with Crippen LogP contribution in [-0.4, -0.2) is 45.1 Å². The molecule has 2 aliphatic rings. The highest BCUT2D eigenvalue weighted by molar-refractivity contribution is 7.84. The summed E-state index contributed by atoms with van der Waals surface area (Å²) >= 11 is 0. The molecule has 0 bridgehead atoms. The van der Waals surface area contributed by atoms with Crippen LogP contribution in [0.15, 0.2) is 0 Å². The van der Waals surface area contributed by atoms with Crippen molar-refractivity contribution >= 4 is 10.3 Å². The molecule has 0 saturated carbocycles. The minimum absolute atomic E-state index is 0.0891. The maximum absolute atomic E-state index is 11.0. The maximum atomic E-state index is 11.0. The van der Waals surface area contributed by atoms with Crippen molar-refractivity contribution in [1.82, 2.24) is 4.31 Å². The van der Waals surface area contributed by atoms with Gasteiger partial charge in [0.1, 0.15) is 0 Å². The maximum Gasteiger partial charge on any atom is 0.338 e. The van der Waals surface area contributed by atoms with E-state index in [-0.39, 0.29) is 12.6 Å². The van der Waals surface area contributed by atoms with Gasteiger partial charge >= 0.3 is 10.3 Å². The van der Waals surface area contributed by atoms with Crippen LogP contribution in [0.3, 0.4) is 0 Å². The van der Waals surface area contributed by atoms with Crippen LogP contribution in [-0.2, 0) is 19.2 Å². The van der Waals surface area contributed by atoms with Gasteiger partial charge in [-0.1, -0.05) is 0 Å². The molecule has 2 heterocycles. The number of hydrogen-bond acceptors (Lipinski definition) is 4. The molecule has 2 fully saturated rings. The second kappa shape index (κ2) is 2.41. The van der Waals surface area contributed by atoms with E-state index in [2.05, 4.69) is 4.18 Å². The zero-order valence-electron chi connectivity index (χ0n) is 5.89. The summed E-state index contributed by atoms with van der Waals surface area (Å²) in [6, 6.07) is -0.0891. The normalized spacial score (nSPS) is 36.9. The Labute approximate surface area is 65.1 Å². The third kappa shape index (κ3) is 1.16. The number of morpholine rings is 1. The van der Waals surface area contributed by atoms with Crippen molar-refractivity contribution in [2.24, 2.45) is 0 Å². The molecule has 6 heteroatoms. The van der Waals surface area contributed by atoms with E-state index < -0.39 is 10.3 Å². The predicted octanol–water partition coefficient (Wildman–Crippen LogP) is -1.04. The first-order valence-electron chi connectivity index (χ1n) is 3.44. The summed E-state index contributed by atoms with van der Waals surface area (Å²) < 4.78 is 33.1. The van der Waals surface area contributed by atoms with Gasteiger partial charge in [0.2, 0.25) is 0 Å². The predicted molar refractivity (Wildman–Crippen MR) is 36.2 cm³/mol. The van der Waals surface area contributed by atoms with Crippen molar-refractivity contribution in [3.8, 4) is 0 Å². The van der Waals surface area contributed by atoms with Gasteiger partial charge in [-0.3, -0.25) is 4.18 Å². The van der Waals surface area contributed by atoms with E-state index in [0.717, 1.165) is 0 Å². The monoisotopic (exact) mass is 179 g/mol. The Morgan fingerprint density at radius 2 is 2.18 bits per heavy atom. The molecule has 0 amide bonds. The summed E-state index contributed by atoms with van der Waals surface area (Å²) in [5.74, 6) is 0. The molecule has 0 N–H and O–H groups in total. The second-order valence-corrected chi connectivity index (χ2v) is 4.14. The summed E-state index contributed by atoms with van der Waals surface area (Å²) in [5, 5.41) is 0. The summed E-state index contributed by atoms with van der Waals surface area (Å²) in [5.41, 5.74) is 0. The van der Waals surface area contributed by atoms with E-state index in [1.54, 1.807) is 0 Å². The second-order valence-electron chi connectivity index (χ2n) is 2.58. The van der Waals surface area contributed by atoms with Gasteiger partial charge in [0, 0.05) is 6.54 Å². The van der Waals surface area contributed by atoms with E-state index in [4.69, 9.17) is 4.74 Å². The molecule has 5 nitrogen and oxygen atoms in total. The molecule has 1 atom stereocenters. The first-order valence-corrected chi connectivity index (χ1v) is 4.80. The van der Waals surface area contributed by atoms with Crippen LogP contribution in [0.4, 0.5) is 0 Å². The van der Waals surface area contributed by atoms with E-state index >= 15 is 0 Å². The average Bonchev–Trinajstić information content (AvgIpc) is 2.29. The molecule has 2 saturated heterocycles. The van der Waals surface area contributed by atoms with E-state index in [1.807, 2.05) is 0 Å². The van der Waals surface area contributed by atoms with E-state index in [1.165, 1.54) is 4.31 Å². The molecule has 0 aromatic rings. The summed E-state index contributed by atoms with van der Waals surface area (Å²) in [6.07, 6.45) is 0. The minimum atomic E-state index is -3.39. The number of hydrogen-bond donors (Lipinski definition) is 0. The summed E-state index contributed by atoms with van der Waals surface area (Å²) in [7, 11) is -3.39. The Morgan fingerprint density at radius 1 is 1.36 bits per heavy atom. The van der Waals surface area contributed by atoms with Crippen molar-refractivity contribution in [2.75, 3.05) is 26.4 Å². The van der Waals surface area contributed by atoms with Gasteiger partial charge in [-0.05, 0) is 0 Å². The fourth-order valence-corrected chi connectivity index (χ4v) is 2.55. The van der Waals surface area contributed by atoms with Crippen molar-refractivity contribution in [3.05, 3.63) is 0 Å². The molecule has 0 aromatic heterocycles. The van der Waals surface area contributed by atoms with Gasteiger partial charge < -0.3 is 4.74 Å². The van der Waals surface area contributed by atoms with Gasteiger partial charge in [-0.15, -0.1) is 0 Å². The summed E-state index contributed by atoms with van der Waals surface area (Å²) in [4.78, 5) is 0. The van der Waals surface area contributed by atoms with Crippen LogP contribution in [0, 0.1) is 0 Å². The number of rotatable bonds is 0. The SMILES string of the molecule is O=S1(=O)OC[C@@H]2COCCN21. The largest absolute Gasteiger partial charge is 0.378 e. The topological polar surface area (TPSA) is 55.8 Å². The summed E-state index contributed by atoms with van der Waals surface area (Å²) in [6.45, 7) is 1.59. The van der Waals surface area contributed by atoms with Crippen LogP contribution >= 0.6 is 0 Å². The average molecular weight is 179 g/mol. The molecular weight excluding hydrogens is 170 g/mol. The molecule has 11 heavy (non-hydrogen) atoms. The lowest BCUT2D eigenvalue weighted by Crippen LogP contribution is -2.43. The van der Waals surface area contributed by atoms with Crippen molar-refractivity contribution in [1.29, 1.82) is 0 Å². The molecule has 2 aliphatic heterocycles. The van der Waals surface area contributed by atoms with Gasteiger partial charge in [-0.2, -0.15) is 12.7 Å². The van der Waals surface area contributed by atoms with Crippen LogP contribution < -0.4 is 0 Å². The molecule has 64 valence electrons. The fraction of sp³-hybridized carbons (Fsp3) is 1.00. The lowest BCUT2D eigenvalue weighted by Gasteiger charge is -2.24. The van der Waals surface area contributed by atoms with Crippen LogP contribution in [0.1, 0.15) is 0 Å². The van der Waals surface area contributed by atoms with Crippen molar-refractivity contribution in [3.63, 3.8) is 0 Å². The fourth-order valence-electron chi connectivity index (χ4n) is 1.30. The quantitative estimate of drug-likeness (QED) is 0.476. The molecule has 2 rings (SSSR count). The molecular formula is C5H9NO4S. The zero-order chi connectivity index (χ0) is 7.90. The minimum Gasteiger partial charge on any atom is -0.378 e. The van der Waals surface area contributed by atoms with E-state index in [0.29, 0.717) is 19.8 Å². The Morgan fingerprint density at radius 3 is 2.91 bits per heavy atom. The highest BCUT2D eigenvalue weighted by atomic mass is 32.2. The van der Waals surface area contributed by atoms with Crippen molar-refractivity contribution in [2.45, 2.75) is 6.04 Å². The van der Waals surface area contributed by atoms with E-state index in [9.17, 15) is 8.42 Å². The van der Waals surface area contributed by atoms with Crippen LogP contribution in [0.5, 0.6) is 0 Å². The molecule has 0 spiro atoms. The number of fused-ring (bicyclic) bond motifs is 1. The van der Waals surface area contributed by atoms with Gasteiger partial charge in [0.15, 0.2) is 0 Å². The van der Waals surface area contributed by atoms with Gasteiger partial charge in [-0.25, -0.2) is 0 Å². The van der Waals surface area contributed by atoms with Gasteiger partial charge in [0.05, 0.1) is 25.9 Å². The Bertz CT molecular complexity index is 249. The lowest BCUT2D eigenvalue weighted by molar-refractivity contribution is 0.0378. The van der Waals surface area contributed by atoms with Gasteiger partial charge in [0.25, 0.3) is 0 Å². The third-order valence-corrected chi connectivity index (χ3v) is 3.36. The molecule has 0 unspecified atom stereocenters. The smallest absolute Gasteiger partial charge is 0.338 e. The highest BCUT2D eigenvalue weighted by Crippen LogP contribution is 2.20. The Kier molecular flexibility index (Phi) is 1.64. The van der Waals surface area contributed by atoms with Crippen LogP contribution in [0.25, 0.3) is 0 Å². The third-order valence-electron chi connectivity index (χ3n) is 1.87. The Balaban J connectivity index is 2.23.